The van der Waals surface area contributed by atoms with Crippen LogP contribution < -0.4 is 11.5 Å². The Bertz CT molecular complexity index is 3280. The number of phenols is 2. The number of nitrogens with two attached hydrogens (primary N) is 2. The SMILES string of the molecule is Nc1ccc2cc(S(=O)(=O)O)c(N=Nc3ccc(/C=C/c4ccc(N=Nc5ccc6cc(S(=O)(=O)O)c(N)cc6c5O)cc4S(=O)(=O)O)c(S(=O)(=O)O)c3)c(O)c2c1. The van der Waals surface area contributed by atoms with Gasteiger partial charge in [0.2, 0.25) is 0 Å². The molecule has 58 heavy (non-hydrogen) atoms. The molecule has 6 aromatic carbocycles. The van der Waals surface area contributed by atoms with Gasteiger partial charge >= 0.3 is 0 Å². The Balaban J connectivity index is 1.33. The number of nitrogen functional groups attached to an aromatic ring is 2. The van der Waals surface area contributed by atoms with Gasteiger partial charge in [0.25, 0.3) is 40.5 Å². The molecular formula is C34H26N6O14S4. The molecular weight excluding hydrogens is 845 g/mol. The Kier molecular flexibility index (Phi) is 10.6. The molecule has 0 amide bonds. The normalized spacial score (nSPS) is 13.1. The maximum Gasteiger partial charge on any atom is 0.296 e. The lowest BCUT2D eigenvalue weighted by Gasteiger charge is -2.09. The summed E-state index contributed by atoms with van der Waals surface area (Å²) in [5.41, 5.74) is 9.57. The Morgan fingerprint density at radius 3 is 1.45 bits per heavy atom. The number of rotatable bonds is 10. The van der Waals surface area contributed by atoms with E-state index in [1.165, 1.54) is 36.4 Å². The van der Waals surface area contributed by atoms with Crippen molar-refractivity contribution in [1.82, 2.24) is 0 Å². The van der Waals surface area contributed by atoms with Crippen molar-refractivity contribution in [3.05, 3.63) is 96.1 Å². The molecule has 0 atom stereocenters. The number of hydrogen-bond acceptors (Lipinski definition) is 16. The van der Waals surface area contributed by atoms with E-state index >= 15 is 0 Å². The molecule has 20 nitrogen and oxygen atoms in total. The van der Waals surface area contributed by atoms with Crippen LogP contribution in [0.1, 0.15) is 11.1 Å². The smallest absolute Gasteiger partial charge is 0.296 e. The van der Waals surface area contributed by atoms with E-state index in [-0.39, 0.29) is 61.1 Å². The molecule has 24 heteroatoms. The average Bonchev–Trinajstić information content (AvgIpc) is 3.12. The van der Waals surface area contributed by atoms with Crippen LogP contribution in [-0.4, -0.2) is 62.1 Å². The first-order valence-corrected chi connectivity index (χ1v) is 21.5. The summed E-state index contributed by atoms with van der Waals surface area (Å²) >= 11 is 0. The summed E-state index contributed by atoms with van der Waals surface area (Å²) in [7, 11) is -19.7. The van der Waals surface area contributed by atoms with Gasteiger partial charge in [0.15, 0.2) is 11.5 Å². The van der Waals surface area contributed by atoms with E-state index in [1.807, 2.05) is 0 Å². The second kappa shape index (κ2) is 14.8. The topological polar surface area (TPSA) is 359 Å². The highest BCUT2D eigenvalue weighted by molar-refractivity contribution is 7.86. The Hall–Kier alpha value is -6.38. The quantitative estimate of drug-likeness (QED) is 0.0313. The van der Waals surface area contributed by atoms with Crippen LogP contribution in [0.5, 0.6) is 11.5 Å². The molecule has 0 spiro atoms. The van der Waals surface area contributed by atoms with Crippen LogP contribution in [0.2, 0.25) is 0 Å². The van der Waals surface area contributed by atoms with Gasteiger partial charge in [0.1, 0.15) is 31.0 Å². The fraction of sp³-hybridized carbons (Fsp3) is 0. The Labute approximate surface area is 328 Å². The average molecular weight is 871 g/mol. The van der Waals surface area contributed by atoms with E-state index in [4.69, 9.17) is 11.5 Å². The predicted octanol–water partition coefficient (Wildman–Crippen LogP) is 6.56. The van der Waals surface area contributed by atoms with Crippen LogP contribution in [0.4, 0.5) is 34.1 Å². The molecule has 0 bridgehead atoms. The molecule has 0 saturated carbocycles. The minimum atomic E-state index is -5.04. The Morgan fingerprint density at radius 1 is 0.466 bits per heavy atom. The second-order valence-corrected chi connectivity index (χ2v) is 17.7. The van der Waals surface area contributed by atoms with Crippen LogP contribution in [0.3, 0.4) is 0 Å². The number of fused-ring (bicyclic) bond motifs is 2. The Morgan fingerprint density at radius 2 is 0.931 bits per heavy atom. The molecule has 0 heterocycles. The van der Waals surface area contributed by atoms with Crippen molar-refractivity contribution < 1.29 is 62.1 Å². The van der Waals surface area contributed by atoms with Crippen molar-refractivity contribution in [3.63, 3.8) is 0 Å². The van der Waals surface area contributed by atoms with Gasteiger partial charge in [-0.1, -0.05) is 36.4 Å². The van der Waals surface area contributed by atoms with Crippen molar-refractivity contribution >= 4 is 108 Å². The van der Waals surface area contributed by atoms with Crippen LogP contribution >= 0.6 is 0 Å². The lowest BCUT2D eigenvalue weighted by atomic mass is 10.1. The van der Waals surface area contributed by atoms with Gasteiger partial charge in [-0.25, -0.2) is 0 Å². The largest absolute Gasteiger partial charge is 0.505 e. The highest BCUT2D eigenvalue weighted by atomic mass is 32.2. The maximum atomic E-state index is 12.4. The highest BCUT2D eigenvalue weighted by Crippen LogP contribution is 2.43. The molecule has 0 aliphatic heterocycles. The standard InChI is InChI=1S/C34H26N6O14S4/c35-21-7-3-19-12-31(58(52,53)54)32(34(42)24(19)13-21)40-38-23-9-5-18(29(15-23)56(46,47)48)2-1-17-4-8-22(14-28(17)55(43,44)45)37-39-27-10-6-20-11-30(57(49,50)51)26(36)16-25(20)33(27)41/h1-16,41-42H,35-36H2,(H,43,44,45)(H,46,47,48)(H,49,50,51)(H,52,53,54)/b2-1+,39-37?,40-38?. The van der Waals surface area contributed by atoms with Gasteiger partial charge in [0.05, 0.1) is 17.1 Å². The van der Waals surface area contributed by atoms with E-state index < -0.39 is 77.2 Å². The van der Waals surface area contributed by atoms with Gasteiger partial charge in [0, 0.05) is 16.5 Å². The molecule has 0 unspecified atom stereocenters. The summed E-state index contributed by atoms with van der Waals surface area (Å²) in [6.07, 6.45) is 2.14. The molecule has 0 radical (unpaired) electrons. The van der Waals surface area contributed by atoms with E-state index in [1.54, 1.807) is 0 Å². The zero-order valence-corrected chi connectivity index (χ0v) is 32.0. The molecule has 6 rings (SSSR count). The summed E-state index contributed by atoms with van der Waals surface area (Å²) in [5.74, 6) is -1.22. The molecule has 300 valence electrons. The number of aromatic hydroxyl groups is 2. The zero-order valence-electron chi connectivity index (χ0n) is 28.8. The monoisotopic (exact) mass is 870 g/mol. The van der Waals surface area contributed by atoms with E-state index in [0.29, 0.717) is 0 Å². The van der Waals surface area contributed by atoms with Crippen molar-refractivity contribution in [3.8, 4) is 11.5 Å². The molecule has 0 saturated heterocycles. The van der Waals surface area contributed by atoms with Gasteiger partial charge in [-0.2, -0.15) is 43.9 Å². The summed E-state index contributed by atoms with van der Waals surface area (Å²) in [5, 5.41) is 37.3. The summed E-state index contributed by atoms with van der Waals surface area (Å²) in [4.78, 5) is -2.92. The van der Waals surface area contributed by atoms with E-state index in [9.17, 15) is 62.1 Å². The lowest BCUT2D eigenvalue weighted by molar-refractivity contribution is 0.472. The highest BCUT2D eigenvalue weighted by Gasteiger charge is 2.23. The molecule has 0 aromatic heterocycles. The molecule has 0 fully saturated rings. The fourth-order valence-electron chi connectivity index (χ4n) is 5.59. The third kappa shape index (κ3) is 8.62. The van der Waals surface area contributed by atoms with Gasteiger partial charge in [-0.15, -0.1) is 10.2 Å². The predicted molar refractivity (Wildman–Crippen MR) is 209 cm³/mol. The minimum absolute atomic E-state index is 0.0438. The second-order valence-electron chi connectivity index (χ2n) is 12.2. The number of phenolic OH excluding ortho intramolecular Hbond substituents is 2. The lowest BCUT2D eigenvalue weighted by Crippen LogP contribution is -2.03. The third-order valence-electron chi connectivity index (χ3n) is 8.26. The zero-order chi connectivity index (χ0) is 42.5. The van der Waals surface area contributed by atoms with Crippen LogP contribution in [0.25, 0.3) is 33.7 Å². The number of hydrogen-bond donors (Lipinski definition) is 8. The molecule has 0 aliphatic rings. The van der Waals surface area contributed by atoms with Crippen molar-refractivity contribution in [2.75, 3.05) is 11.5 Å². The van der Waals surface area contributed by atoms with Crippen LogP contribution in [0, 0.1) is 0 Å². The van der Waals surface area contributed by atoms with E-state index in [0.717, 1.165) is 60.7 Å². The van der Waals surface area contributed by atoms with Gasteiger partial charge < -0.3 is 21.7 Å². The minimum Gasteiger partial charge on any atom is -0.505 e. The van der Waals surface area contributed by atoms with Gasteiger partial charge in [-0.3, -0.25) is 18.2 Å². The first-order valence-electron chi connectivity index (χ1n) is 15.7. The molecule has 10 N–H and O–H groups in total. The first-order chi connectivity index (χ1) is 26.9. The number of benzene rings is 6. The first kappa shape index (κ1) is 41.3. The maximum absolute atomic E-state index is 12.4. The fourth-order valence-corrected chi connectivity index (χ4v) is 8.29. The van der Waals surface area contributed by atoms with Crippen LogP contribution in [0.15, 0.2) is 125 Å². The number of azo groups is 2. The van der Waals surface area contributed by atoms with Crippen LogP contribution in [-0.2, 0) is 40.5 Å². The summed E-state index contributed by atoms with van der Waals surface area (Å²) < 4.78 is 136. The third-order valence-corrected chi connectivity index (χ3v) is 11.9. The van der Waals surface area contributed by atoms with Crippen molar-refractivity contribution in [1.29, 1.82) is 0 Å². The van der Waals surface area contributed by atoms with E-state index in [2.05, 4.69) is 20.5 Å². The van der Waals surface area contributed by atoms with Crippen molar-refractivity contribution in [2.45, 2.75) is 19.6 Å². The summed E-state index contributed by atoms with van der Waals surface area (Å²) in [6, 6.07) is 16.2. The van der Waals surface area contributed by atoms with Crippen molar-refractivity contribution in [2.24, 2.45) is 20.5 Å². The number of anilines is 2. The van der Waals surface area contributed by atoms with Gasteiger partial charge in [-0.05, 0) is 82.6 Å². The molecule has 6 aromatic rings. The number of nitrogens with zero attached hydrogens (tertiary/aromatic N) is 4. The summed E-state index contributed by atoms with van der Waals surface area (Å²) in [6.45, 7) is 0. The molecule has 0 aliphatic carbocycles.